The number of hydrogen-bond donors (Lipinski definition) is 1. The van der Waals surface area contributed by atoms with Gasteiger partial charge in [0.25, 0.3) is 0 Å². The molecule has 0 amide bonds. The van der Waals surface area contributed by atoms with E-state index in [0.717, 1.165) is 35.8 Å². The Morgan fingerprint density at radius 3 is 2.75 bits per heavy atom. The minimum absolute atomic E-state index is 0.211. The van der Waals surface area contributed by atoms with E-state index in [1.807, 2.05) is 24.3 Å². The summed E-state index contributed by atoms with van der Waals surface area (Å²) in [6.45, 7) is 0. The number of rotatable bonds is 4. The molecule has 5 heteroatoms. The molecule has 1 heterocycles. The van der Waals surface area contributed by atoms with Crippen LogP contribution in [0.1, 0.15) is 29.5 Å². The third-order valence-electron chi connectivity index (χ3n) is 3.53. The quantitative estimate of drug-likeness (QED) is 0.927. The lowest BCUT2D eigenvalue weighted by atomic mass is 10.0. The Balaban J connectivity index is 1.79. The van der Waals surface area contributed by atoms with E-state index in [1.165, 1.54) is 10.6 Å². The highest BCUT2D eigenvalue weighted by molar-refractivity contribution is 7.15. The summed E-state index contributed by atoms with van der Waals surface area (Å²) in [5.41, 5.74) is 2.20. The molecule has 0 fully saturated rings. The second-order valence-corrected chi connectivity index (χ2v) is 5.83. The van der Waals surface area contributed by atoms with Crippen LogP contribution < -0.4 is 10.1 Å². The van der Waals surface area contributed by atoms with Crippen LogP contribution in [0.4, 0.5) is 10.8 Å². The number of nitrogens with one attached hydrogen (secondary N) is 1. The number of aromatic nitrogens is 1. The Bertz CT molecular complexity index is 580. The van der Waals surface area contributed by atoms with E-state index in [-0.39, 0.29) is 6.10 Å². The molecule has 4 nitrogen and oxygen atoms in total. The molecule has 20 heavy (non-hydrogen) atoms. The van der Waals surface area contributed by atoms with Gasteiger partial charge in [0.1, 0.15) is 5.75 Å². The largest absolute Gasteiger partial charge is 0.497 e. The molecule has 1 aromatic carbocycles. The molecule has 2 aromatic rings. The van der Waals surface area contributed by atoms with Crippen LogP contribution in [-0.2, 0) is 11.2 Å². The number of hydrogen-bond acceptors (Lipinski definition) is 5. The average molecular weight is 290 g/mol. The SMILES string of the molecule is COc1ccc(Nc2nc3c(s2)C(OC)CCC3)cc1. The van der Waals surface area contributed by atoms with Crippen molar-refractivity contribution in [2.45, 2.75) is 25.4 Å². The number of fused-ring (bicyclic) bond motifs is 1. The van der Waals surface area contributed by atoms with Crippen molar-refractivity contribution in [2.24, 2.45) is 0 Å². The fraction of sp³-hybridized carbons (Fsp3) is 0.400. The van der Waals surface area contributed by atoms with E-state index in [4.69, 9.17) is 9.47 Å². The molecule has 1 aromatic heterocycles. The van der Waals surface area contributed by atoms with Gasteiger partial charge < -0.3 is 14.8 Å². The van der Waals surface area contributed by atoms with Crippen molar-refractivity contribution in [3.05, 3.63) is 34.8 Å². The molecule has 1 aliphatic carbocycles. The van der Waals surface area contributed by atoms with Gasteiger partial charge in [-0.05, 0) is 43.5 Å². The Hall–Kier alpha value is -1.59. The number of aryl methyl sites for hydroxylation is 1. The minimum atomic E-state index is 0.211. The van der Waals surface area contributed by atoms with Gasteiger partial charge in [-0.15, -0.1) is 0 Å². The molecule has 0 radical (unpaired) electrons. The predicted octanol–water partition coefficient (Wildman–Crippen LogP) is 3.92. The molecule has 0 spiro atoms. The molecule has 0 saturated heterocycles. The lowest BCUT2D eigenvalue weighted by Gasteiger charge is -2.18. The molecule has 1 N–H and O–H groups in total. The van der Waals surface area contributed by atoms with Crippen LogP contribution >= 0.6 is 11.3 Å². The summed E-state index contributed by atoms with van der Waals surface area (Å²) in [6, 6.07) is 7.86. The maximum absolute atomic E-state index is 5.54. The highest BCUT2D eigenvalue weighted by Gasteiger charge is 2.24. The number of nitrogens with zero attached hydrogens (tertiary/aromatic N) is 1. The summed E-state index contributed by atoms with van der Waals surface area (Å²) >= 11 is 1.69. The molecule has 0 saturated carbocycles. The number of methoxy groups -OCH3 is 2. The van der Waals surface area contributed by atoms with E-state index in [1.54, 1.807) is 25.6 Å². The topological polar surface area (TPSA) is 43.4 Å². The molecular weight excluding hydrogens is 272 g/mol. The molecule has 1 aliphatic rings. The molecule has 1 atom stereocenters. The van der Waals surface area contributed by atoms with Crippen LogP contribution in [0.2, 0.25) is 0 Å². The number of ether oxygens (including phenoxy) is 2. The molecule has 106 valence electrons. The zero-order valence-corrected chi connectivity index (χ0v) is 12.5. The first kappa shape index (κ1) is 13.4. The average Bonchev–Trinajstić information content (AvgIpc) is 2.90. The Morgan fingerprint density at radius 2 is 2.05 bits per heavy atom. The standard InChI is InChI=1S/C15H18N2O2S/c1-18-11-8-6-10(7-9-11)16-15-17-12-4-3-5-13(19-2)14(12)20-15/h6-9,13H,3-5H2,1-2H3,(H,16,17). The molecular formula is C15H18N2O2S. The van der Waals surface area contributed by atoms with Crippen molar-refractivity contribution in [1.82, 2.24) is 4.98 Å². The summed E-state index contributed by atoms with van der Waals surface area (Å²) < 4.78 is 10.7. The summed E-state index contributed by atoms with van der Waals surface area (Å²) in [4.78, 5) is 5.96. The van der Waals surface area contributed by atoms with Crippen molar-refractivity contribution in [3.63, 3.8) is 0 Å². The first-order valence-electron chi connectivity index (χ1n) is 6.73. The zero-order valence-electron chi connectivity index (χ0n) is 11.7. The van der Waals surface area contributed by atoms with Gasteiger partial charge in [0, 0.05) is 12.8 Å². The van der Waals surface area contributed by atoms with Crippen LogP contribution in [-0.4, -0.2) is 19.2 Å². The number of benzene rings is 1. The van der Waals surface area contributed by atoms with Crippen LogP contribution in [0.3, 0.4) is 0 Å². The van der Waals surface area contributed by atoms with Gasteiger partial charge in [-0.2, -0.15) is 0 Å². The highest BCUT2D eigenvalue weighted by atomic mass is 32.1. The highest BCUT2D eigenvalue weighted by Crippen LogP contribution is 2.38. The van der Waals surface area contributed by atoms with Crippen molar-refractivity contribution in [3.8, 4) is 5.75 Å². The van der Waals surface area contributed by atoms with Gasteiger partial charge in [0.05, 0.1) is 23.8 Å². The van der Waals surface area contributed by atoms with Crippen LogP contribution in [0, 0.1) is 0 Å². The van der Waals surface area contributed by atoms with E-state index in [9.17, 15) is 0 Å². The van der Waals surface area contributed by atoms with E-state index in [0.29, 0.717) is 0 Å². The molecule has 1 unspecified atom stereocenters. The third-order valence-corrected chi connectivity index (χ3v) is 4.63. The lowest BCUT2D eigenvalue weighted by molar-refractivity contribution is 0.0908. The van der Waals surface area contributed by atoms with E-state index >= 15 is 0 Å². The molecule has 0 bridgehead atoms. The van der Waals surface area contributed by atoms with Gasteiger partial charge >= 0.3 is 0 Å². The lowest BCUT2D eigenvalue weighted by Crippen LogP contribution is -2.08. The third kappa shape index (κ3) is 2.64. The first-order valence-corrected chi connectivity index (χ1v) is 7.55. The zero-order chi connectivity index (χ0) is 13.9. The van der Waals surface area contributed by atoms with Crippen LogP contribution in [0.5, 0.6) is 5.75 Å². The van der Waals surface area contributed by atoms with Gasteiger partial charge in [0.15, 0.2) is 5.13 Å². The summed E-state index contributed by atoms with van der Waals surface area (Å²) in [5.74, 6) is 0.855. The van der Waals surface area contributed by atoms with Crippen LogP contribution in [0.15, 0.2) is 24.3 Å². The Labute approximate surface area is 122 Å². The monoisotopic (exact) mass is 290 g/mol. The van der Waals surface area contributed by atoms with Crippen molar-refractivity contribution < 1.29 is 9.47 Å². The van der Waals surface area contributed by atoms with Crippen molar-refractivity contribution in [1.29, 1.82) is 0 Å². The summed E-state index contributed by atoms with van der Waals surface area (Å²) in [7, 11) is 3.44. The van der Waals surface area contributed by atoms with Crippen LogP contribution in [0.25, 0.3) is 0 Å². The predicted molar refractivity (Wildman–Crippen MR) is 81.1 cm³/mol. The number of thiazole rings is 1. The fourth-order valence-corrected chi connectivity index (χ4v) is 3.60. The smallest absolute Gasteiger partial charge is 0.187 e. The maximum Gasteiger partial charge on any atom is 0.187 e. The second kappa shape index (κ2) is 5.81. The van der Waals surface area contributed by atoms with Gasteiger partial charge in [0.2, 0.25) is 0 Å². The minimum Gasteiger partial charge on any atom is -0.497 e. The van der Waals surface area contributed by atoms with Gasteiger partial charge in [-0.3, -0.25) is 0 Å². The van der Waals surface area contributed by atoms with Crippen molar-refractivity contribution >= 4 is 22.2 Å². The van der Waals surface area contributed by atoms with Crippen molar-refractivity contribution in [2.75, 3.05) is 19.5 Å². The normalized spacial score (nSPS) is 17.6. The van der Waals surface area contributed by atoms with Gasteiger partial charge in [-0.25, -0.2) is 4.98 Å². The maximum atomic E-state index is 5.54. The van der Waals surface area contributed by atoms with E-state index < -0.39 is 0 Å². The first-order chi connectivity index (χ1) is 9.80. The second-order valence-electron chi connectivity index (χ2n) is 4.80. The number of anilines is 2. The fourth-order valence-electron chi connectivity index (χ4n) is 2.46. The Kier molecular flexibility index (Phi) is 3.89. The van der Waals surface area contributed by atoms with Gasteiger partial charge in [-0.1, -0.05) is 11.3 Å². The molecule has 0 aliphatic heterocycles. The van der Waals surface area contributed by atoms with E-state index in [2.05, 4.69) is 10.3 Å². The molecule has 3 rings (SSSR count). The summed E-state index contributed by atoms with van der Waals surface area (Å²) in [6.07, 6.45) is 3.50. The summed E-state index contributed by atoms with van der Waals surface area (Å²) in [5, 5.41) is 4.29. The Morgan fingerprint density at radius 1 is 1.25 bits per heavy atom.